The van der Waals surface area contributed by atoms with Gasteiger partial charge in [0.05, 0.1) is 10.5 Å². The summed E-state index contributed by atoms with van der Waals surface area (Å²) >= 11 is 3.17. The van der Waals surface area contributed by atoms with Gasteiger partial charge < -0.3 is 5.32 Å². The summed E-state index contributed by atoms with van der Waals surface area (Å²) in [5, 5.41) is 2.69. The predicted octanol–water partition coefficient (Wildman–Crippen LogP) is 4.94. The minimum absolute atomic E-state index is 0.0968. The smallest absolute Gasteiger partial charge is 0.256 e. The van der Waals surface area contributed by atoms with Gasteiger partial charge in [-0.15, -0.1) is 0 Å². The van der Waals surface area contributed by atoms with E-state index in [4.69, 9.17) is 0 Å². The third-order valence-electron chi connectivity index (χ3n) is 6.37. The van der Waals surface area contributed by atoms with Crippen molar-refractivity contribution < 1.29 is 17.6 Å². The molecule has 0 radical (unpaired) electrons. The molecule has 0 saturated heterocycles. The third-order valence-corrected chi connectivity index (χ3v) is 8.61. The van der Waals surface area contributed by atoms with Crippen molar-refractivity contribution in [2.24, 2.45) is 17.8 Å². The van der Waals surface area contributed by atoms with Crippen LogP contribution in [0.1, 0.15) is 43.0 Å². The van der Waals surface area contributed by atoms with Gasteiger partial charge in [-0.1, -0.05) is 6.42 Å². The molecule has 5 nitrogen and oxygen atoms in total. The minimum Gasteiger partial charge on any atom is -0.322 e. The van der Waals surface area contributed by atoms with E-state index in [0.717, 1.165) is 12.3 Å². The van der Waals surface area contributed by atoms with Gasteiger partial charge in [0.15, 0.2) is 0 Å². The topological polar surface area (TPSA) is 75.3 Å². The van der Waals surface area contributed by atoms with E-state index in [1.165, 1.54) is 49.6 Å². The van der Waals surface area contributed by atoms with Gasteiger partial charge in [0.25, 0.3) is 5.91 Å². The zero-order valence-electron chi connectivity index (χ0n) is 16.6. The van der Waals surface area contributed by atoms with E-state index in [2.05, 4.69) is 26.0 Å². The van der Waals surface area contributed by atoms with Crippen LogP contribution in [0.2, 0.25) is 0 Å². The van der Waals surface area contributed by atoms with Crippen molar-refractivity contribution in [2.75, 3.05) is 5.32 Å². The molecule has 2 fully saturated rings. The highest BCUT2D eigenvalue weighted by atomic mass is 79.9. The number of hydrogen-bond donors (Lipinski definition) is 2. The Hall–Kier alpha value is -1.77. The SMILES string of the molecule is CC(NS(=O)(=O)c1ccc(NC(=O)c2ccc(F)cc2Br)cc1)C1CC2CCC1C2. The van der Waals surface area contributed by atoms with Crippen LogP contribution in [0.15, 0.2) is 51.8 Å². The summed E-state index contributed by atoms with van der Waals surface area (Å²) in [5.74, 6) is 0.943. The van der Waals surface area contributed by atoms with Crippen LogP contribution in [-0.4, -0.2) is 20.4 Å². The van der Waals surface area contributed by atoms with Crippen molar-refractivity contribution in [1.82, 2.24) is 4.72 Å². The highest BCUT2D eigenvalue weighted by Crippen LogP contribution is 2.49. The summed E-state index contributed by atoms with van der Waals surface area (Å²) in [4.78, 5) is 12.6. The first-order chi connectivity index (χ1) is 14.2. The maximum absolute atomic E-state index is 13.2. The molecule has 30 heavy (non-hydrogen) atoms. The Morgan fingerprint density at radius 3 is 2.47 bits per heavy atom. The van der Waals surface area contributed by atoms with Crippen LogP contribution in [0.3, 0.4) is 0 Å². The number of nitrogens with one attached hydrogen (secondary N) is 2. The molecule has 0 spiro atoms. The minimum atomic E-state index is -3.63. The van der Waals surface area contributed by atoms with Gasteiger partial charge in [-0.3, -0.25) is 4.79 Å². The van der Waals surface area contributed by atoms with E-state index in [1.807, 2.05) is 6.92 Å². The van der Waals surface area contributed by atoms with E-state index in [-0.39, 0.29) is 16.5 Å². The van der Waals surface area contributed by atoms with Crippen molar-refractivity contribution in [3.05, 3.63) is 58.3 Å². The van der Waals surface area contributed by atoms with Crippen molar-refractivity contribution >= 4 is 37.5 Å². The van der Waals surface area contributed by atoms with E-state index in [0.29, 0.717) is 22.0 Å². The van der Waals surface area contributed by atoms with Crippen LogP contribution < -0.4 is 10.0 Å². The molecule has 2 aromatic rings. The number of carbonyl (C=O) groups is 1. The van der Waals surface area contributed by atoms with Gasteiger partial charge >= 0.3 is 0 Å². The fraction of sp³-hybridized carbons (Fsp3) is 0.409. The number of sulfonamides is 1. The molecule has 2 N–H and O–H groups in total. The number of carbonyl (C=O) groups excluding carboxylic acids is 1. The number of hydrogen-bond acceptors (Lipinski definition) is 3. The fourth-order valence-corrected chi connectivity index (χ4v) is 6.72. The summed E-state index contributed by atoms with van der Waals surface area (Å²) in [6, 6.07) is 9.76. The van der Waals surface area contributed by atoms with Crippen LogP contribution in [0.25, 0.3) is 0 Å². The van der Waals surface area contributed by atoms with Gasteiger partial charge in [-0.2, -0.15) is 0 Å². The summed E-state index contributed by atoms with van der Waals surface area (Å²) in [5.41, 5.74) is 0.741. The predicted molar refractivity (Wildman–Crippen MR) is 117 cm³/mol. The number of anilines is 1. The number of rotatable bonds is 6. The van der Waals surface area contributed by atoms with Gasteiger partial charge in [0.2, 0.25) is 10.0 Å². The number of fused-ring (bicyclic) bond motifs is 2. The lowest BCUT2D eigenvalue weighted by atomic mass is 9.84. The van der Waals surface area contributed by atoms with Crippen LogP contribution in [0, 0.1) is 23.6 Å². The largest absolute Gasteiger partial charge is 0.322 e. The monoisotopic (exact) mass is 494 g/mol. The third kappa shape index (κ3) is 4.45. The second-order valence-corrected chi connectivity index (χ2v) is 10.9. The first kappa shape index (κ1) is 21.5. The molecular formula is C22H24BrFN2O3S. The molecule has 2 saturated carbocycles. The Bertz CT molecular complexity index is 1060. The van der Waals surface area contributed by atoms with Gasteiger partial charge in [0.1, 0.15) is 5.82 Å². The highest BCUT2D eigenvalue weighted by molar-refractivity contribution is 9.10. The zero-order chi connectivity index (χ0) is 21.5. The van der Waals surface area contributed by atoms with Crippen molar-refractivity contribution in [1.29, 1.82) is 0 Å². The van der Waals surface area contributed by atoms with Crippen molar-refractivity contribution in [3.63, 3.8) is 0 Å². The van der Waals surface area contributed by atoms with Gasteiger partial charge in [-0.25, -0.2) is 17.5 Å². The van der Waals surface area contributed by atoms with E-state index in [9.17, 15) is 17.6 Å². The Kier molecular flexibility index (Phi) is 6.01. The molecule has 4 unspecified atom stereocenters. The van der Waals surface area contributed by atoms with Crippen LogP contribution >= 0.6 is 15.9 Å². The normalized spacial score (nSPS) is 24.0. The van der Waals surface area contributed by atoms with Gasteiger partial charge in [-0.05, 0) is 102 Å². The molecule has 4 atom stereocenters. The summed E-state index contributed by atoms with van der Waals surface area (Å²) in [6.45, 7) is 1.96. The Morgan fingerprint density at radius 2 is 1.87 bits per heavy atom. The first-order valence-electron chi connectivity index (χ1n) is 10.1. The Balaban J connectivity index is 1.41. The molecule has 4 rings (SSSR count). The molecule has 0 aromatic heterocycles. The molecular weight excluding hydrogens is 471 g/mol. The van der Waals surface area contributed by atoms with Gasteiger partial charge in [0, 0.05) is 16.2 Å². The maximum Gasteiger partial charge on any atom is 0.256 e. The van der Waals surface area contributed by atoms with E-state index >= 15 is 0 Å². The molecule has 2 aliphatic carbocycles. The lowest BCUT2D eigenvalue weighted by molar-refractivity contribution is 0.102. The standard InChI is InChI=1S/C22H24BrFN2O3S/c1-13(20-11-14-2-3-15(20)10-14)26-30(28,29)18-7-5-17(6-8-18)25-22(27)19-9-4-16(24)12-21(19)23/h4-9,12-15,20,26H,2-3,10-11H2,1H3,(H,25,27). The molecule has 160 valence electrons. The van der Waals surface area contributed by atoms with E-state index < -0.39 is 21.7 Å². The maximum atomic E-state index is 13.2. The second kappa shape index (κ2) is 8.40. The Morgan fingerprint density at radius 1 is 1.13 bits per heavy atom. The average Bonchev–Trinajstić information content (AvgIpc) is 3.31. The molecule has 2 bridgehead atoms. The van der Waals surface area contributed by atoms with Crippen molar-refractivity contribution in [3.8, 4) is 0 Å². The van der Waals surface area contributed by atoms with Crippen LogP contribution in [0.5, 0.6) is 0 Å². The summed E-state index contributed by atoms with van der Waals surface area (Å²) in [7, 11) is -3.63. The molecule has 8 heteroatoms. The zero-order valence-corrected chi connectivity index (χ0v) is 19.0. The number of amides is 1. The number of halogens is 2. The summed E-state index contributed by atoms with van der Waals surface area (Å²) < 4.78 is 42.0. The van der Waals surface area contributed by atoms with Crippen molar-refractivity contribution in [2.45, 2.75) is 43.5 Å². The summed E-state index contributed by atoms with van der Waals surface area (Å²) in [6.07, 6.45) is 4.83. The quantitative estimate of drug-likeness (QED) is 0.596. The van der Waals surface area contributed by atoms with E-state index in [1.54, 1.807) is 12.1 Å². The first-order valence-corrected chi connectivity index (χ1v) is 12.4. The molecule has 2 aliphatic rings. The molecule has 0 heterocycles. The molecule has 1 amide bonds. The average molecular weight is 495 g/mol. The fourth-order valence-electron chi connectivity index (χ4n) is 4.90. The number of benzene rings is 2. The Labute approximate surface area is 184 Å². The lowest BCUT2D eigenvalue weighted by Gasteiger charge is -2.28. The van der Waals surface area contributed by atoms with Crippen LogP contribution in [-0.2, 0) is 10.0 Å². The molecule has 2 aromatic carbocycles. The highest BCUT2D eigenvalue weighted by Gasteiger charge is 2.42. The molecule has 0 aliphatic heterocycles. The second-order valence-electron chi connectivity index (χ2n) is 8.35. The lowest BCUT2D eigenvalue weighted by Crippen LogP contribution is -2.40. The van der Waals surface area contributed by atoms with Crippen LogP contribution in [0.4, 0.5) is 10.1 Å².